The number of hydrogen-bond acceptors (Lipinski definition) is 0. The van der Waals surface area contributed by atoms with Gasteiger partial charge in [-0.1, -0.05) is 206 Å². The van der Waals surface area contributed by atoms with Crippen LogP contribution in [0.2, 0.25) is 0 Å². The Morgan fingerprint density at radius 1 is 0.282 bits per heavy atom. The van der Waals surface area contributed by atoms with Gasteiger partial charge in [-0.15, -0.1) is 0 Å². The maximum atomic E-state index is 2.52. The Labute approximate surface area is 413 Å². The highest BCUT2D eigenvalue weighted by atomic mass is 15.0. The van der Waals surface area contributed by atoms with Crippen LogP contribution in [0.15, 0.2) is 255 Å². The molecular weight excluding hydrogens is 855 g/mol. The van der Waals surface area contributed by atoms with Gasteiger partial charge >= 0.3 is 0 Å². The molecule has 13 aromatic rings. The molecule has 0 bridgehead atoms. The largest absolute Gasteiger partial charge is 0.309 e. The SMILES string of the molecule is C1=Cc2c(-c3cc(-c4cc5ccccc5c5ccccc45)cc(-n4c5ccc(-c6ccc(-c7ccccc7)cc6)cc5c5cc(-c6ccc(-c7ccccc7)cc6)ccc54)c3)cc3ccccc3c2CC1. The summed E-state index contributed by atoms with van der Waals surface area (Å²) >= 11 is 0. The Hall–Kier alpha value is -9.04. The van der Waals surface area contributed by atoms with E-state index in [1.54, 1.807) is 0 Å². The van der Waals surface area contributed by atoms with E-state index in [2.05, 4.69) is 265 Å². The van der Waals surface area contributed by atoms with Crippen molar-refractivity contribution in [1.29, 1.82) is 0 Å². The van der Waals surface area contributed by atoms with Gasteiger partial charge < -0.3 is 4.57 Å². The highest BCUT2D eigenvalue weighted by molar-refractivity contribution is 6.15. The van der Waals surface area contributed by atoms with Gasteiger partial charge in [-0.3, -0.25) is 0 Å². The molecule has 0 radical (unpaired) electrons. The van der Waals surface area contributed by atoms with Gasteiger partial charge in [-0.2, -0.15) is 0 Å². The van der Waals surface area contributed by atoms with Crippen LogP contribution in [0.3, 0.4) is 0 Å². The minimum absolute atomic E-state index is 1.03. The van der Waals surface area contributed by atoms with Gasteiger partial charge in [0.1, 0.15) is 0 Å². The molecule has 71 heavy (non-hydrogen) atoms. The summed E-state index contributed by atoms with van der Waals surface area (Å²) < 4.78 is 2.52. The van der Waals surface area contributed by atoms with Gasteiger partial charge in [-0.05, 0) is 178 Å². The summed E-state index contributed by atoms with van der Waals surface area (Å²) in [6.07, 6.45) is 6.81. The Kier molecular flexibility index (Phi) is 9.74. The van der Waals surface area contributed by atoms with Crippen molar-refractivity contribution in [2.75, 3.05) is 0 Å². The zero-order valence-corrected chi connectivity index (χ0v) is 39.2. The molecule has 1 nitrogen and oxygen atoms in total. The standard InChI is InChI=1S/C70H47N/c1-3-15-46(16-4-1)48-27-31-50(32-28-48)52-35-37-69-67(42-52)68-43-53(51-33-29-49(30-34-51)47-17-5-2-6-18-47)36-38-70(68)71(69)58-40-56(65-44-54-19-7-9-21-59(54)61-23-11-13-25-63(61)65)39-57(41-58)66-45-55-20-8-10-22-60(55)62-24-12-14-26-64(62)66/h1-11,13-23,25-45H,12,24H2. The van der Waals surface area contributed by atoms with E-state index >= 15 is 0 Å². The molecule has 0 spiro atoms. The monoisotopic (exact) mass is 901 g/mol. The van der Waals surface area contributed by atoms with E-state index in [9.17, 15) is 0 Å². The number of fused-ring (bicyclic) bond motifs is 9. The summed E-state index contributed by atoms with van der Waals surface area (Å²) in [4.78, 5) is 0. The van der Waals surface area contributed by atoms with E-state index in [0.717, 1.165) is 18.5 Å². The molecule has 0 saturated carbocycles. The third-order valence-corrected chi connectivity index (χ3v) is 15.0. The van der Waals surface area contributed by atoms with Crippen LogP contribution in [0.4, 0.5) is 0 Å². The second kappa shape index (κ2) is 16.9. The molecule has 12 aromatic carbocycles. The second-order valence-corrected chi connectivity index (χ2v) is 19.1. The number of nitrogens with zero attached hydrogens (tertiary/aromatic N) is 1. The van der Waals surface area contributed by atoms with Crippen molar-refractivity contribution in [2.45, 2.75) is 12.8 Å². The Morgan fingerprint density at radius 2 is 0.718 bits per heavy atom. The first kappa shape index (κ1) is 41.0. The van der Waals surface area contributed by atoms with Gasteiger partial charge in [0.25, 0.3) is 0 Å². The van der Waals surface area contributed by atoms with Gasteiger partial charge in [0.15, 0.2) is 0 Å². The predicted octanol–water partition coefficient (Wildman–Crippen LogP) is 19.2. The molecule has 1 heteroatoms. The van der Waals surface area contributed by atoms with E-state index in [1.165, 1.54) is 132 Å². The molecule has 0 saturated heterocycles. The van der Waals surface area contributed by atoms with Crippen LogP contribution in [0, 0.1) is 0 Å². The highest BCUT2D eigenvalue weighted by Gasteiger charge is 2.21. The Morgan fingerprint density at radius 3 is 1.31 bits per heavy atom. The molecule has 0 atom stereocenters. The molecule has 0 fully saturated rings. The number of hydrogen-bond donors (Lipinski definition) is 0. The maximum Gasteiger partial charge on any atom is 0.0541 e. The number of aryl methyl sites for hydroxylation is 1. The lowest BCUT2D eigenvalue weighted by Gasteiger charge is -2.21. The zero-order valence-electron chi connectivity index (χ0n) is 39.2. The summed E-state index contributed by atoms with van der Waals surface area (Å²) in [6.45, 7) is 0. The fourth-order valence-electron chi connectivity index (χ4n) is 11.5. The Balaban J connectivity index is 1.02. The molecule has 0 amide bonds. The first-order chi connectivity index (χ1) is 35.2. The molecule has 1 aromatic heterocycles. The highest BCUT2D eigenvalue weighted by Crippen LogP contribution is 2.44. The normalized spacial score (nSPS) is 12.3. The third-order valence-electron chi connectivity index (χ3n) is 15.0. The van der Waals surface area contributed by atoms with Gasteiger partial charge in [0.2, 0.25) is 0 Å². The summed E-state index contributed by atoms with van der Waals surface area (Å²) in [5.74, 6) is 0. The zero-order chi connectivity index (χ0) is 46.8. The van der Waals surface area contributed by atoms with E-state index in [-0.39, 0.29) is 0 Å². The van der Waals surface area contributed by atoms with Crippen molar-refractivity contribution < 1.29 is 0 Å². The predicted molar refractivity (Wildman–Crippen MR) is 303 cm³/mol. The van der Waals surface area contributed by atoms with Crippen molar-refractivity contribution in [2.24, 2.45) is 0 Å². The lowest BCUT2D eigenvalue weighted by Crippen LogP contribution is -2.00. The molecule has 14 rings (SSSR count). The first-order valence-corrected chi connectivity index (χ1v) is 24.9. The van der Waals surface area contributed by atoms with Gasteiger partial charge in [0.05, 0.1) is 11.0 Å². The summed E-state index contributed by atoms with van der Waals surface area (Å²) in [5.41, 5.74) is 20.8. The topological polar surface area (TPSA) is 4.93 Å². The Bertz CT molecular complexity index is 4090. The summed E-state index contributed by atoms with van der Waals surface area (Å²) in [5, 5.41) is 10.1. The van der Waals surface area contributed by atoms with Crippen LogP contribution in [0.5, 0.6) is 0 Å². The summed E-state index contributed by atoms with van der Waals surface area (Å²) in [6, 6.07) is 92.4. The van der Waals surface area contributed by atoms with Crippen LogP contribution in [0.25, 0.3) is 133 Å². The van der Waals surface area contributed by atoms with Crippen LogP contribution in [0.1, 0.15) is 17.5 Å². The van der Waals surface area contributed by atoms with Crippen LogP contribution in [-0.2, 0) is 6.42 Å². The summed E-state index contributed by atoms with van der Waals surface area (Å²) in [7, 11) is 0. The molecule has 1 heterocycles. The smallest absolute Gasteiger partial charge is 0.0541 e. The van der Waals surface area contributed by atoms with E-state index < -0.39 is 0 Å². The molecule has 332 valence electrons. The third kappa shape index (κ3) is 7.08. The van der Waals surface area contributed by atoms with E-state index in [0.29, 0.717) is 0 Å². The minimum Gasteiger partial charge on any atom is -0.309 e. The quantitative estimate of drug-likeness (QED) is 0.140. The average molecular weight is 902 g/mol. The fourth-order valence-corrected chi connectivity index (χ4v) is 11.5. The van der Waals surface area contributed by atoms with Crippen LogP contribution < -0.4 is 0 Å². The van der Waals surface area contributed by atoms with Crippen molar-refractivity contribution in [3.63, 3.8) is 0 Å². The minimum atomic E-state index is 1.03. The van der Waals surface area contributed by atoms with Crippen molar-refractivity contribution in [1.82, 2.24) is 4.57 Å². The van der Waals surface area contributed by atoms with E-state index in [1.807, 2.05) is 0 Å². The van der Waals surface area contributed by atoms with Crippen LogP contribution in [-0.4, -0.2) is 4.57 Å². The average Bonchev–Trinajstić information content (AvgIpc) is 3.78. The fraction of sp³-hybridized carbons (Fsp3) is 0.0286. The molecular formula is C70H47N. The maximum absolute atomic E-state index is 2.52. The number of benzene rings is 12. The molecule has 0 N–H and O–H groups in total. The molecule has 1 aliphatic carbocycles. The number of allylic oxidation sites excluding steroid dienone is 1. The first-order valence-electron chi connectivity index (χ1n) is 24.9. The number of aromatic nitrogens is 1. The molecule has 0 unspecified atom stereocenters. The number of rotatable bonds is 7. The molecule has 0 aliphatic heterocycles. The lowest BCUT2D eigenvalue weighted by molar-refractivity contribution is 0.998. The van der Waals surface area contributed by atoms with E-state index in [4.69, 9.17) is 0 Å². The van der Waals surface area contributed by atoms with Crippen molar-refractivity contribution in [3.8, 4) is 72.4 Å². The molecule has 1 aliphatic rings. The van der Waals surface area contributed by atoms with Gasteiger partial charge in [0, 0.05) is 16.5 Å². The second-order valence-electron chi connectivity index (χ2n) is 19.1. The lowest BCUT2D eigenvalue weighted by atomic mass is 9.84. The van der Waals surface area contributed by atoms with Gasteiger partial charge in [-0.25, -0.2) is 0 Å². The van der Waals surface area contributed by atoms with Crippen LogP contribution >= 0.6 is 0 Å². The van der Waals surface area contributed by atoms with Crippen molar-refractivity contribution >= 4 is 60.2 Å². The van der Waals surface area contributed by atoms with Crippen molar-refractivity contribution in [3.05, 3.63) is 266 Å².